The van der Waals surface area contributed by atoms with Crippen molar-refractivity contribution in [1.29, 1.82) is 0 Å². The van der Waals surface area contributed by atoms with E-state index in [4.69, 9.17) is 4.84 Å². The summed E-state index contributed by atoms with van der Waals surface area (Å²) in [6.07, 6.45) is 6.68. The Hall–Kier alpha value is -2.21. The number of pyridine rings is 1. The van der Waals surface area contributed by atoms with Crippen molar-refractivity contribution in [2.45, 2.75) is 32.4 Å². The normalized spacial score (nSPS) is 18.8. The number of hydroxylamine groups is 1. The summed E-state index contributed by atoms with van der Waals surface area (Å²) >= 11 is 0. The molecule has 1 N–H and O–H groups in total. The van der Waals surface area contributed by atoms with Crippen LogP contribution in [0.25, 0.3) is 0 Å². The van der Waals surface area contributed by atoms with Gasteiger partial charge < -0.3 is 0 Å². The largest absolute Gasteiger partial charge is 0.272 e. The molecule has 0 fully saturated rings. The zero-order valence-corrected chi connectivity index (χ0v) is 11.9. The maximum absolute atomic E-state index is 12.2. The number of hydrogen-bond donors (Lipinski definition) is 1. The predicted octanol–water partition coefficient (Wildman–Crippen LogP) is 1.65. The molecule has 21 heavy (non-hydrogen) atoms. The van der Waals surface area contributed by atoms with Crippen molar-refractivity contribution in [3.8, 4) is 0 Å². The van der Waals surface area contributed by atoms with Gasteiger partial charge in [-0.15, -0.1) is 0 Å². The number of nitrogens with one attached hydrogen (secondary N) is 1. The van der Waals surface area contributed by atoms with Gasteiger partial charge in [-0.05, 0) is 43.5 Å². The van der Waals surface area contributed by atoms with Gasteiger partial charge in [-0.25, -0.2) is 5.48 Å². The third-order valence-corrected chi connectivity index (χ3v) is 3.83. The predicted molar refractivity (Wildman–Crippen MR) is 75.9 cm³/mol. The molecule has 1 aliphatic heterocycles. The number of nitrogens with zero attached hydrogens (tertiary/aromatic N) is 3. The molecular formula is C15H18N4O2. The van der Waals surface area contributed by atoms with Crippen molar-refractivity contribution < 1.29 is 9.63 Å². The quantitative estimate of drug-likeness (QED) is 0.868. The van der Waals surface area contributed by atoms with Crippen LogP contribution in [0.5, 0.6) is 0 Å². The summed E-state index contributed by atoms with van der Waals surface area (Å²) in [4.78, 5) is 21.6. The summed E-state index contributed by atoms with van der Waals surface area (Å²) in [5.41, 5.74) is 4.73. The average Bonchev–Trinajstić information content (AvgIpc) is 3.00. The summed E-state index contributed by atoms with van der Waals surface area (Å²) in [5, 5.41) is 4.22. The highest BCUT2D eigenvalue weighted by molar-refractivity contribution is 5.77. The molecule has 0 radical (unpaired) electrons. The van der Waals surface area contributed by atoms with E-state index in [2.05, 4.69) is 15.6 Å². The standard InChI is InChI=1S/C15H18N4O2/c1-11(12-4-7-16-8-5-12)21-18-15(20)13-2-3-14-6-9-17-19(14)10-13/h4-9,11,13H,2-3,10H2,1H3,(H,18,20)/t11-,13?/m0/s1. The zero-order valence-electron chi connectivity index (χ0n) is 11.9. The van der Waals surface area contributed by atoms with E-state index in [1.165, 1.54) is 5.69 Å². The van der Waals surface area contributed by atoms with Gasteiger partial charge in [0.15, 0.2) is 0 Å². The Morgan fingerprint density at radius 1 is 1.38 bits per heavy atom. The number of aryl methyl sites for hydroxylation is 1. The molecule has 0 saturated heterocycles. The van der Waals surface area contributed by atoms with Crippen LogP contribution in [0.4, 0.5) is 0 Å². The minimum Gasteiger partial charge on any atom is -0.272 e. The Morgan fingerprint density at radius 3 is 3.00 bits per heavy atom. The van der Waals surface area contributed by atoms with E-state index >= 15 is 0 Å². The number of carbonyl (C=O) groups excluding carboxylic acids is 1. The van der Waals surface area contributed by atoms with Crippen LogP contribution >= 0.6 is 0 Å². The van der Waals surface area contributed by atoms with E-state index in [1.54, 1.807) is 18.6 Å². The van der Waals surface area contributed by atoms with Gasteiger partial charge in [-0.3, -0.25) is 19.3 Å². The smallest absolute Gasteiger partial charge is 0.248 e. The maximum atomic E-state index is 12.2. The van der Waals surface area contributed by atoms with Gasteiger partial charge in [-0.1, -0.05) is 0 Å². The number of carbonyl (C=O) groups is 1. The summed E-state index contributed by atoms with van der Waals surface area (Å²) < 4.78 is 1.89. The molecule has 2 atom stereocenters. The molecule has 0 spiro atoms. The lowest BCUT2D eigenvalue weighted by molar-refractivity contribution is -0.143. The molecular weight excluding hydrogens is 268 g/mol. The van der Waals surface area contributed by atoms with E-state index in [1.807, 2.05) is 29.8 Å². The Morgan fingerprint density at radius 2 is 2.19 bits per heavy atom. The molecule has 1 unspecified atom stereocenters. The molecule has 6 heteroatoms. The van der Waals surface area contributed by atoms with Gasteiger partial charge in [-0.2, -0.15) is 5.10 Å². The minimum atomic E-state index is -0.208. The van der Waals surface area contributed by atoms with Crippen molar-refractivity contribution in [2.75, 3.05) is 0 Å². The molecule has 6 nitrogen and oxygen atoms in total. The Kier molecular flexibility index (Phi) is 3.96. The van der Waals surface area contributed by atoms with Crippen LogP contribution in [0.2, 0.25) is 0 Å². The topological polar surface area (TPSA) is 69.0 Å². The van der Waals surface area contributed by atoms with Crippen molar-refractivity contribution in [3.63, 3.8) is 0 Å². The third-order valence-electron chi connectivity index (χ3n) is 3.83. The van der Waals surface area contributed by atoms with Crippen LogP contribution in [-0.4, -0.2) is 20.7 Å². The van der Waals surface area contributed by atoms with Gasteiger partial charge in [0, 0.05) is 24.3 Å². The van der Waals surface area contributed by atoms with Crippen LogP contribution < -0.4 is 5.48 Å². The first-order valence-electron chi connectivity index (χ1n) is 7.10. The van der Waals surface area contributed by atoms with Crippen molar-refractivity contribution in [2.24, 2.45) is 5.92 Å². The zero-order chi connectivity index (χ0) is 14.7. The summed E-state index contributed by atoms with van der Waals surface area (Å²) in [5.74, 6) is -0.181. The fourth-order valence-corrected chi connectivity index (χ4v) is 2.51. The first-order chi connectivity index (χ1) is 10.2. The van der Waals surface area contributed by atoms with E-state index in [0.717, 1.165) is 18.4 Å². The summed E-state index contributed by atoms with van der Waals surface area (Å²) in [6.45, 7) is 2.50. The molecule has 1 amide bonds. The van der Waals surface area contributed by atoms with Crippen LogP contribution in [0, 0.1) is 5.92 Å². The van der Waals surface area contributed by atoms with E-state index in [9.17, 15) is 4.79 Å². The number of fused-ring (bicyclic) bond motifs is 1. The fraction of sp³-hybridized carbons (Fsp3) is 0.400. The Bertz CT molecular complexity index is 611. The molecule has 0 saturated carbocycles. The molecule has 0 bridgehead atoms. The number of rotatable bonds is 4. The van der Waals surface area contributed by atoms with Gasteiger partial charge in [0.05, 0.1) is 12.5 Å². The van der Waals surface area contributed by atoms with E-state index in [0.29, 0.717) is 6.54 Å². The van der Waals surface area contributed by atoms with Gasteiger partial charge in [0.25, 0.3) is 0 Å². The van der Waals surface area contributed by atoms with Gasteiger partial charge in [0.2, 0.25) is 5.91 Å². The van der Waals surface area contributed by atoms with Crippen LogP contribution in [0.15, 0.2) is 36.8 Å². The molecule has 2 aromatic rings. The second kappa shape index (κ2) is 6.05. The van der Waals surface area contributed by atoms with Crippen molar-refractivity contribution in [3.05, 3.63) is 48.0 Å². The highest BCUT2D eigenvalue weighted by Gasteiger charge is 2.25. The van der Waals surface area contributed by atoms with Crippen molar-refractivity contribution in [1.82, 2.24) is 20.2 Å². The second-order valence-corrected chi connectivity index (χ2v) is 5.25. The van der Waals surface area contributed by atoms with Crippen LogP contribution in [0.3, 0.4) is 0 Å². The lowest BCUT2D eigenvalue weighted by atomic mass is 9.98. The highest BCUT2D eigenvalue weighted by atomic mass is 16.7. The molecule has 3 rings (SSSR count). The van der Waals surface area contributed by atoms with E-state index in [-0.39, 0.29) is 17.9 Å². The summed E-state index contributed by atoms with van der Waals surface area (Å²) in [7, 11) is 0. The van der Waals surface area contributed by atoms with Gasteiger partial charge in [0.1, 0.15) is 6.10 Å². The third kappa shape index (κ3) is 3.11. The molecule has 110 valence electrons. The molecule has 2 aromatic heterocycles. The Labute approximate surface area is 123 Å². The second-order valence-electron chi connectivity index (χ2n) is 5.25. The number of amides is 1. The number of hydrogen-bond acceptors (Lipinski definition) is 4. The lowest BCUT2D eigenvalue weighted by Gasteiger charge is -2.23. The van der Waals surface area contributed by atoms with Crippen LogP contribution in [-0.2, 0) is 22.6 Å². The SMILES string of the molecule is C[C@H](ONC(=O)C1CCc2ccnn2C1)c1ccncc1. The molecule has 0 aliphatic carbocycles. The molecule has 3 heterocycles. The fourth-order valence-electron chi connectivity index (χ4n) is 2.51. The molecule has 0 aromatic carbocycles. The lowest BCUT2D eigenvalue weighted by Crippen LogP contribution is -2.36. The average molecular weight is 286 g/mol. The van der Waals surface area contributed by atoms with Crippen molar-refractivity contribution >= 4 is 5.91 Å². The maximum Gasteiger partial charge on any atom is 0.248 e. The number of aromatic nitrogens is 3. The van der Waals surface area contributed by atoms with Crippen LogP contribution in [0.1, 0.15) is 30.7 Å². The van der Waals surface area contributed by atoms with Gasteiger partial charge >= 0.3 is 0 Å². The first kappa shape index (κ1) is 13.8. The summed E-state index contributed by atoms with van der Waals surface area (Å²) in [6, 6.07) is 5.73. The minimum absolute atomic E-state index is 0.0861. The first-order valence-corrected chi connectivity index (χ1v) is 7.10. The highest BCUT2D eigenvalue weighted by Crippen LogP contribution is 2.20. The molecule has 1 aliphatic rings. The Balaban J connectivity index is 1.53. The van der Waals surface area contributed by atoms with E-state index < -0.39 is 0 Å². The monoisotopic (exact) mass is 286 g/mol.